The first-order chi connectivity index (χ1) is 15.2. The van der Waals surface area contributed by atoms with Crippen molar-refractivity contribution >= 4 is 5.91 Å². The zero-order valence-corrected chi connectivity index (χ0v) is 17.5. The second-order valence-corrected chi connectivity index (χ2v) is 8.23. The largest absolute Gasteiger partial charge is 0.488 e. The first-order valence-corrected chi connectivity index (χ1v) is 11.0. The number of hydrogen-bond acceptors (Lipinski definition) is 5. The van der Waals surface area contributed by atoms with Gasteiger partial charge in [0.2, 0.25) is 0 Å². The Morgan fingerprint density at radius 2 is 2.00 bits per heavy atom. The maximum Gasteiger partial charge on any atom is 0.271 e. The van der Waals surface area contributed by atoms with Crippen molar-refractivity contribution in [1.82, 2.24) is 25.0 Å². The van der Waals surface area contributed by atoms with E-state index in [-0.39, 0.29) is 12.0 Å². The van der Waals surface area contributed by atoms with E-state index in [2.05, 4.69) is 44.6 Å². The SMILES string of the molecule is O=C(NCCCN1CCc2ccccc2C1)c1cc2n(n1)C[C@@H](Oc1ccncc1)C2. The van der Waals surface area contributed by atoms with Gasteiger partial charge in [-0.1, -0.05) is 24.3 Å². The van der Waals surface area contributed by atoms with Gasteiger partial charge in [0, 0.05) is 50.7 Å². The number of aromatic nitrogens is 3. The van der Waals surface area contributed by atoms with Crippen molar-refractivity contribution in [2.24, 2.45) is 0 Å². The summed E-state index contributed by atoms with van der Waals surface area (Å²) < 4.78 is 7.85. The molecule has 0 saturated heterocycles. The third kappa shape index (κ3) is 4.61. The van der Waals surface area contributed by atoms with Gasteiger partial charge in [-0.05, 0) is 42.2 Å². The van der Waals surface area contributed by atoms with E-state index in [1.54, 1.807) is 12.4 Å². The van der Waals surface area contributed by atoms with Gasteiger partial charge in [0.15, 0.2) is 0 Å². The molecule has 1 atom stereocenters. The van der Waals surface area contributed by atoms with E-state index in [9.17, 15) is 4.79 Å². The number of nitrogens with zero attached hydrogens (tertiary/aromatic N) is 4. The Morgan fingerprint density at radius 3 is 2.84 bits per heavy atom. The standard InChI is InChI=1S/C24H27N5O2/c30-24(26-9-3-12-28-13-8-18-4-1-2-5-19(18)16-28)23-15-20-14-22(17-29(20)27-23)31-21-6-10-25-11-7-21/h1-2,4-7,10-11,15,22H,3,8-9,12-14,16-17H2,(H,26,30)/t22-/m0/s1. The van der Waals surface area contributed by atoms with Crippen molar-refractivity contribution < 1.29 is 9.53 Å². The molecule has 0 bridgehead atoms. The highest BCUT2D eigenvalue weighted by atomic mass is 16.5. The van der Waals surface area contributed by atoms with Crippen LogP contribution in [0.4, 0.5) is 0 Å². The van der Waals surface area contributed by atoms with Gasteiger partial charge >= 0.3 is 0 Å². The van der Waals surface area contributed by atoms with Gasteiger partial charge in [0.1, 0.15) is 17.5 Å². The van der Waals surface area contributed by atoms with Gasteiger partial charge in [-0.3, -0.25) is 19.4 Å². The number of carbonyl (C=O) groups is 1. The van der Waals surface area contributed by atoms with Crippen LogP contribution in [0.2, 0.25) is 0 Å². The average molecular weight is 418 g/mol. The first-order valence-electron chi connectivity index (χ1n) is 11.0. The Kier molecular flexibility index (Phi) is 5.67. The van der Waals surface area contributed by atoms with Crippen LogP contribution in [0.1, 0.15) is 33.7 Å². The molecule has 2 aliphatic heterocycles. The topological polar surface area (TPSA) is 72.3 Å². The molecule has 0 saturated carbocycles. The molecule has 7 heteroatoms. The Labute approximate surface area is 182 Å². The van der Waals surface area contributed by atoms with E-state index in [0.717, 1.165) is 50.3 Å². The summed E-state index contributed by atoms with van der Waals surface area (Å²) in [6.07, 6.45) is 6.26. The second kappa shape index (κ2) is 8.89. The number of rotatable bonds is 7. The summed E-state index contributed by atoms with van der Waals surface area (Å²) in [5.41, 5.74) is 4.42. The number of pyridine rings is 1. The molecule has 1 aromatic carbocycles. The van der Waals surface area contributed by atoms with Gasteiger partial charge < -0.3 is 10.1 Å². The first kappa shape index (κ1) is 19.8. The number of hydrogen-bond donors (Lipinski definition) is 1. The predicted octanol–water partition coefficient (Wildman–Crippen LogP) is 2.46. The molecular weight excluding hydrogens is 390 g/mol. The fraction of sp³-hybridized carbons (Fsp3) is 0.375. The number of benzene rings is 1. The zero-order chi connectivity index (χ0) is 21.0. The summed E-state index contributed by atoms with van der Waals surface area (Å²) in [5, 5.41) is 7.50. The normalized spacial score (nSPS) is 17.7. The van der Waals surface area contributed by atoms with Gasteiger partial charge in [-0.25, -0.2) is 0 Å². The van der Waals surface area contributed by atoms with Crippen LogP contribution in [0.15, 0.2) is 54.9 Å². The monoisotopic (exact) mass is 417 g/mol. The molecule has 3 aromatic rings. The van der Waals surface area contributed by atoms with E-state index < -0.39 is 0 Å². The van der Waals surface area contributed by atoms with Crippen molar-refractivity contribution in [3.63, 3.8) is 0 Å². The van der Waals surface area contributed by atoms with Gasteiger partial charge in [-0.15, -0.1) is 0 Å². The van der Waals surface area contributed by atoms with Crippen molar-refractivity contribution in [1.29, 1.82) is 0 Å². The van der Waals surface area contributed by atoms with Crippen LogP contribution in [-0.4, -0.2) is 51.3 Å². The van der Waals surface area contributed by atoms with Crippen molar-refractivity contribution in [2.45, 2.75) is 38.5 Å². The second-order valence-electron chi connectivity index (χ2n) is 8.23. The molecule has 5 rings (SSSR count). The molecule has 0 unspecified atom stereocenters. The molecule has 0 aliphatic carbocycles. The molecule has 7 nitrogen and oxygen atoms in total. The van der Waals surface area contributed by atoms with E-state index in [1.165, 1.54) is 11.1 Å². The van der Waals surface area contributed by atoms with E-state index in [0.29, 0.717) is 18.8 Å². The maximum absolute atomic E-state index is 12.5. The summed E-state index contributed by atoms with van der Waals surface area (Å²) in [5.74, 6) is 0.707. The molecule has 2 aliphatic rings. The summed E-state index contributed by atoms with van der Waals surface area (Å²) >= 11 is 0. The molecule has 1 N–H and O–H groups in total. The third-order valence-corrected chi connectivity index (χ3v) is 6.01. The van der Waals surface area contributed by atoms with Crippen LogP contribution in [0.25, 0.3) is 0 Å². The minimum Gasteiger partial charge on any atom is -0.488 e. The summed E-state index contributed by atoms with van der Waals surface area (Å²) in [6, 6.07) is 14.2. The highest BCUT2D eigenvalue weighted by Gasteiger charge is 2.26. The number of carbonyl (C=O) groups excluding carboxylic acids is 1. The van der Waals surface area contributed by atoms with Crippen LogP contribution in [-0.2, 0) is 25.9 Å². The Balaban J connectivity index is 1.05. The summed E-state index contributed by atoms with van der Waals surface area (Å²) in [6.45, 7) is 4.39. The highest BCUT2D eigenvalue weighted by Crippen LogP contribution is 2.21. The van der Waals surface area contributed by atoms with Gasteiger partial charge in [0.05, 0.1) is 6.54 Å². The van der Waals surface area contributed by atoms with E-state index >= 15 is 0 Å². The van der Waals surface area contributed by atoms with E-state index in [4.69, 9.17) is 4.74 Å². The zero-order valence-electron chi connectivity index (χ0n) is 17.5. The van der Waals surface area contributed by atoms with Crippen LogP contribution in [0.5, 0.6) is 5.75 Å². The lowest BCUT2D eigenvalue weighted by Gasteiger charge is -2.28. The van der Waals surface area contributed by atoms with Crippen LogP contribution in [0, 0.1) is 0 Å². The molecule has 0 spiro atoms. The molecule has 31 heavy (non-hydrogen) atoms. The fourth-order valence-electron chi connectivity index (χ4n) is 4.41. The van der Waals surface area contributed by atoms with Crippen LogP contribution in [0.3, 0.4) is 0 Å². The number of nitrogens with one attached hydrogen (secondary N) is 1. The van der Waals surface area contributed by atoms with Crippen molar-refractivity contribution in [3.05, 3.63) is 77.4 Å². The quantitative estimate of drug-likeness (QED) is 0.598. The molecule has 2 aromatic heterocycles. The average Bonchev–Trinajstić information content (AvgIpc) is 3.36. The number of ether oxygens (including phenoxy) is 1. The fourth-order valence-corrected chi connectivity index (χ4v) is 4.41. The minimum absolute atomic E-state index is 0.0386. The Hall–Kier alpha value is -3.19. The summed E-state index contributed by atoms with van der Waals surface area (Å²) in [7, 11) is 0. The van der Waals surface area contributed by atoms with Gasteiger partial charge in [-0.2, -0.15) is 5.10 Å². The number of fused-ring (bicyclic) bond motifs is 2. The van der Waals surface area contributed by atoms with Crippen molar-refractivity contribution in [2.75, 3.05) is 19.6 Å². The number of amides is 1. The third-order valence-electron chi connectivity index (χ3n) is 6.01. The molecule has 0 fully saturated rings. The Bertz CT molecular complexity index is 1030. The van der Waals surface area contributed by atoms with Crippen LogP contribution >= 0.6 is 0 Å². The van der Waals surface area contributed by atoms with E-state index in [1.807, 2.05) is 22.9 Å². The minimum atomic E-state index is -0.0995. The summed E-state index contributed by atoms with van der Waals surface area (Å²) in [4.78, 5) is 19.0. The lowest BCUT2D eigenvalue weighted by molar-refractivity contribution is 0.0944. The van der Waals surface area contributed by atoms with Crippen LogP contribution < -0.4 is 10.1 Å². The predicted molar refractivity (Wildman–Crippen MR) is 117 cm³/mol. The highest BCUT2D eigenvalue weighted by molar-refractivity contribution is 5.92. The molecule has 1 amide bonds. The Morgan fingerprint density at radius 1 is 1.16 bits per heavy atom. The lowest BCUT2D eigenvalue weighted by atomic mass is 10.00. The smallest absolute Gasteiger partial charge is 0.271 e. The lowest BCUT2D eigenvalue weighted by Crippen LogP contribution is -2.33. The maximum atomic E-state index is 12.5. The van der Waals surface area contributed by atoms with Gasteiger partial charge in [0.25, 0.3) is 5.91 Å². The molecule has 4 heterocycles. The molecule has 0 radical (unpaired) electrons. The molecule has 160 valence electrons. The van der Waals surface area contributed by atoms with Crippen molar-refractivity contribution in [3.8, 4) is 5.75 Å². The molecular formula is C24H27N5O2.